The van der Waals surface area contributed by atoms with Gasteiger partial charge in [0.15, 0.2) is 0 Å². The van der Waals surface area contributed by atoms with Gasteiger partial charge >= 0.3 is 0 Å². The van der Waals surface area contributed by atoms with E-state index in [1.807, 2.05) is 26.0 Å². The van der Waals surface area contributed by atoms with Gasteiger partial charge in [0.1, 0.15) is 17.6 Å². The van der Waals surface area contributed by atoms with Crippen molar-refractivity contribution in [3.05, 3.63) is 65.9 Å². The van der Waals surface area contributed by atoms with Crippen molar-refractivity contribution >= 4 is 5.91 Å². The normalized spacial score (nSPS) is 19.2. The third-order valence-electron chi connectivity index (χ3n) is 5.10. The molecule has 1 amide bonds. The van der Waals surface area contributed by atoms with Crippen LogP contribution in [0.4, 0.5) is 4.39 Å². The summed E-state index contributed by atoms with van der Waals surface area (Å²) < 4.78 is 19.9. The van der Waals surface area contributed by atoms with Crippen molar-refractivity contribution in [2.45, 2.75) is 38.8 Å². The molecule has 1 aliphatic rings. The first-order valence-electron chi connectivity index (χ1n) is 9.58. The zero-order valence-electron chi connectivity index (χ0n) is 16.3. The van der Waals surface area contributed by atoms with E-state index in [-0.39, 0.29) is 18.1 Å². The monoisotopic (exact) mass is 395 g/mol. The fraction of sp³-hybridized carbons (Fsp3) is 0.333. The Bertz CT molecular complexity index is 1010. The van der Waals surface area contributed by atoms with Gasteiger partial charge in [-0.1, -0.05) is 0 Å². The average molecular weight is 395 g/mol. The van der Waals surface area contributed by atoms with Crippen molar-refractivity contribution in [1.82, 2.24) is 24.9 Å². The largest absolute Gasteiger partial charge is 0.472 e. The van der Waals surface area contributed by atoms with Crippen molar-refractivity contribution in [2.75, 3.05) is 6.54 Å². The molecule has 150 valence electrons. The topological polar surface area (TPSA) is 73.1 Å². The second kappa shape index (κ2) is 7.98. The zero-order valence-corrected chi connectivity index (χ0v) is 16.3. The summed E-state index contributed by atoms with van der Waals surface area (Å²) in [7, 11) is 0. The Hall–Kier alpha value is -3.29. The number of nitrogens with zero attached hydrogens (tertiary/aromatic N) is 5. The van der Waals surface area contributed by atoms with E-state index in [4.69, 9.17) is 4.74 Å². The fourth-order valence-electron chi connectivity index (χ4n) is 3.54. The molecule has 1 fully saturated rings. The summed E-state index contributed by atoms with van der Waals surface area (Å²) in [5.74, 6) is -0.0947. The smallest absolute Gasteiger partial charge is 0.256 e. The van der Waals surface area contributed by atoms with Crippen LogP contribution < -0.4 is 4.74 Å². The van der Waals surface area contributed by atoms with Gasteiger partial charge in [0.05, 0.1) is 24.5 Å². The molecule has 0 saturated carbocycles. The highest BCUT2D eigenvalue weighted by atomic mass is 19.1. The molecule has 0 spiro atoms. The highest BCUT2D eigenvalue weighted by molar-refractivity contribution is 5.98. The number of benzene rings is 1. The van der Waals surface area contributed by atoms with Crippen molar-refractivity contribution in [2.24, 2.45) is 0 Å². The number of aromatic nitrogens is 4. The van der Waals surface area contributed by atoms with Crippen molar-refractivity contribution in [3.8, 4) is 11.6 Å². The first-order valence-corrected chi connectivity index (χ1v) is 9.58. The van der Waals surface area contributed by atoms with Gasteiger partial charge < -0.3 is 9.64 Å². The number of rotatable bonds is 4. The zero-order chi connectivity index (χ0) is 20.4. The van der Waals surface area contributed by atoms with E-state index in [9.17, 15) is 9.18 Å². The molecule has 0 N–H and O–H groups in total. The van der Waals surface area contributed by atoms with Gasteiger partial charge in [-0.05, 0) is 50.5 Å². The number of piperidine rings is 1. The van der Waals surface area contributed by atoms with Crippen LogP contribution in [0.25, 0.3) is 5.69 Å². The minimum Gasteiger partial charge on any atom is -0.472 e. The highest BCUT2D eigenvalue weighted by Gasteiger charge is 2.32. The summed E-state index contributed by atoms with van der Waals surface area (Å²) in [4.78, 5) is 20.6. The average Bonchev–Trinajstić information content (AvgIpc) is 3.24. The van der Waals surface area contributed by atoms with E-state index in [1.165, 1.54) is 35.4 Å². The Morgan fingerprint density at radius 1 is 1.14 bits per heavy atom. The molecule has 2 atom stereocenters. The Labute approximate surface area is 168 Å². The minimum atomic E-state index is -0.452. The number of hydrogen-bond donors (Lipinski definition) is 0. The molecule has 7 nitrogen and oxygen atoms in total. The van der Waals surface area contributed by atoms with Crippen LogP contribution in [-0.4, -0.2) is 49.5 Å². The van der Waals surface area contributed by atoms with Crippen LogP contribution in [0, 0.1) is 12.7 Å². The number of aryl methyl sites for hydroxylation is 1. The summed E-state index contributed by atoms with van der Waals surface area (Å²) >= 11 is 0. The number of carbonyl (C=O) groups is 1. The van der Waals surface area contributed by atoms with Crippen LogP contribution in [0.3, 0.4) is 0 Å². The number of likely N-dealkylation sites (tertiary alicyclic amines) is 1. The lowest BCUT2D eigenvalue weighted by Crippen LogP contribution is -2.49. The molecule has 2 aromatic heterocycles. The number of pyridine rings is 1. The van der Waals surface area contributed by atoms with E-state index in [1.54, 1.807) is 11.1 Å². The molecule has 1 aliphatic heterocycles. The van der Waals surface area contributed by atoms with Gasteiger partial charge in [0.25, 0.3) is 5.91 Å². The lowest BCUT2D eigenvalue weighted by atomic mass is 9.99. The third kappa shape index (κ3) is 4.11. The number of ether oxygens (including phenoxy) is 1. The highest BCUT2D eigenvalue weighted by Crippen LogP contribution is 2.25. The maximum absolute atomic E-state index is 13.8. The molecule has 0 radical (unpaired) electrons. The molecule has 4 rings (SSSR count). The molecule has 3 aromatic rings. The first-order chi connectivity index (χ1) is 14.0. The predicted molar refractivity (Wildman–Crippen MR) is 104 cm³/mol. The van der Waals surface area contributed by atoms with Gasteiger partial charge in [-0.25, -0.2) is 9.37 Å². The van der Waals surface area contributed by atoms with E-state index in [0.29, 0.717) is 23.7 Å². The summed E-state index contributed by atoms with van der Waals surface area (Å²) in [6, 6.07) is 7.86. The first kappa shape index (κ1) is 19.0. The Balaban J connectivity index is 1.58. The van der Waals surface area contributed by atoms with E-state index in [2.05, 4.69) is 15.2 Å². The lowest BCUT2D eigenvalue weighted by Gasteiger charge is -2.38. The maximum Gasteiger partial charge on any atom is 0.256 e. The molecule has 29 heavy (non-hydrogen) atoms. The van der Waals surface area contributed by atoms with Crippen LogP contribution in [0.1, 0.15) is 35.7 Å². The molecule has 0 unspecified atom stereocenters. The quantitative estimate of drug-likeness (QED) is 0.678. The van der Waals surface area contributed by atoms with Gasteiger partial charge in [0.2, 0.25) is 5.88 Å². The van der Waals surface area contributed by atoms with Crippen molar-refractivity contribution in [3.63, 3.8) is 0 Å². The molecule has 0 bridgehead atoms. The van der Waals surface area contributed by atoms with Crippen molar-refractivity contribution in [1.29, 1.82) is 0 Å². The van der Waals surface area contributed by atoms with Gasteiger partial charge in [-0.3, -0.25) is 4.79 Å². The Kier molecular flexibility index (Phi) is 5.24. The van der Waals surface area contributed by atoms with Crippen LogP contribution in [0.15, 0.2) is 48.9 Å². The predicted octanol–water partition coefficient (Wildman–Crippen LogP) is 3.18. The molecule has 8 heteroatoms. The third-order valence-corrected chi connectivity index (χ3v) is 5.10. The standard InChI is InChI=1S/C21H22FN5O2/c1-14-7-8-23-20(11-14)29-17-5-3-15(2)26(13-17)21(28)18-6-4-16(22)12-19(18)27-24-9-10-25-27/h4,6-12,15,17H,3,5,13H2,1-2H3/t15-,17-/m1/s1. The SMILES string of the molecule is Cc1ccnc(O[C@@H]2CC[C@@H](C)N(C(=O)c3ccc(F)cc3-n3nccn3)C2)c1. The van der Waals surface area contributed by atoms with Gasteiger partial charge in [-0.2, -0.15) is 15.0 Å². The number of carbonyl (C=O) groups excluding carboxylic acids is 1. The van der Waals surface area contributed by atoms with Gasteiger partial charge in [0, 0.05) is 24.4 Å². The molecular formula is C21H22FN5O2. The second-order valence-corrected chi connectivity index (χ2v) is 7.28. The van der Waals surface area contributed by atoms with E-state index < -0.39 is 5.82 Å². The molecule has 1 saturated heterocycles. The van der Waals surface area contributed by atoms with Crippen LogP contribution in [0.5, 0.6) is 5.88 Å². The summed E-state index contributed by atoms with van der Waals surface area (Å²) in [6.07, 6.45) is 6.16. The Morgan fingerprint density at radius 3 is 2.69 bits per heavy atom. The lowest BCUT2D eigenvalue weighted by molar-refractivity contribution is 0.0372. The summed E-state index contributed by atoms with van der Waals surface area (Å²) in [5, 5.41) is 8.10. The molecule has 1 aromatic carbocycles. The number of amides is 1. The van der Waals surface area contributed by atoms with Crippen LogP contribution >= 0.6 is 0 Å². The Morgan fingerprint density at radius 2 is 1.93 bits per heavy atom. The van der Waals surface area contributed by atoms with Crippen LogP contribution in [0.2, 0.25) is 0 Å². The maximum atomic E-state index is 13.8. The number of hydrogen-bond acceptors (Lipinski definition) is 5. The van der Waals surface area contributed by atoms with Crippen molar-refractivity contribution < 1.29 is 13.9 Å². The minimum absolute atomic E-state index is 0.0382. The van der Waals surface area contributed by atoms with Crippen LogP contribution in [-0.2, 0) is 0 Å². The second-order valence-electron chi connectivity index (χ2n) is 7.28. The molecule has 3 heterocycles. The van der Waals surface area contributed by atoms with Gasteiger partial charge in [-0.15, -0.1) is 0 Å². The fourth-order valence-corrected chi connectivity index (χ4v) is 3.54. The summed E-state index contributed by atoms with van der Waals surface area (Å²) in [5.41, 5.74) is 1.73. The van der Waals surface area contributed by atoms with E-state index in [0.717, 1.165) is 18.4 Å². The number of halogens is 1. The molecular weight excluding hydrogens is 373 g/mol. The molecule has 0 aliphatic carbocycles. The summed E-state index contributed by atoms with van der Waals surface area (Å²) in [6.45, 7) is 4.42. The van der Waals surface area contributed by atoms with E-state index >= 15 is 0 Å².